The van der Waals surface area contributed by atoms with Crippen molar-refractivity contribution in [3.8, 4) is 6.07 Å². The fourth-order valence-electron chi connectivity index (χ4n) is 0.992. The van der Waals surface area contributed by atoms with Gasteiger partial charge in [0.15, 0.2) is 0 Å². The number of hydrogen-bond donors (Lipinski definition) is 0. The van der Waals surface area contributed by atoms with E-state index in [9.17, 15) is 0 Å². The molecule has 0 fully saturated rings. The van der Waals surface area contributed by atoms with E-state index in [1.54, 1.807) is 12.1 Å². The Morgan fingerprint density at radius 1 is 1.21 bits per heavy atom. The second-order valence-electron chi connectivity index (χ2n) is 2.65. The van der Waals surface area contributed by atoms with Crippen LogP contribution < -0.4 is 0 Å². The van der Waals surface area contributed by atoms with Crippen LogP contribution in [-0.4, -0.2) is 5.38 Å². The first-order chi connectivity index (χ1) is 6.54. The molecular weight excluding hydrogens is 264 g/mol. The number of benzene rings is 1. The minimum Gasteiger partial charge on any atom is -0.197 e. The van der Waals surface area contributed by atoms with Gasteiger partial charge in [0, 0.05) is 21.5 Å². The molecule has 0 radical (unpaired) electrons. The summed E-state index contributed by atoms with van der Waals surface area (Å²) >= 11 is 23.2. The fraction of sp³-hybridized carbons (Fsp3) is 0.222. The minimum absolute atomic E-state index is 0.312. The van der Waals surface area contributed by atoms with Crippen LogP contribution in [0.15, 0.2) is 12.1 Å². The molecule has 0 aliphatic rings. The lowest BCUT2D eigenvalue weighted by Crippen LogP contribution is -2.01. The average Bonchev–Trinajstić information content (AvgIpc) is 2.10. The van der Waals surface area contributed by atoms with Gasteiger partial charge >= 0.3 is 0 Å². The highest BCUT2D eigenvalue weighted by Gasteiger charge is 2.12. The molecule has 1 nitrogen and oxygen atoms in total. The van der Waals surface area contributed by atoms with Crippen molar-refractivity contribution in [3.63, 3.8) is 0 Å². The Bertz CT molecular complexity index is 360. The third-order valence-corrected chi connectivity index (χ3v) is 2.77. The van der Waals surface area contributed by atoms with Gasteiger partial charge in [-0.3, -0.25) is 0 Å². The molecule has 0 spiro atoms. The van der Waals surface area contributed by atoms with Gasteiger partial charge in [0.25, 0.3) is 0 Å². The summed E-state index contributed by atoms with van der Waals surface area (Å²) in [5.41, 5.74) is 0.652. The van der Waals surface area contributed by atoms with E-state index < -0.39 is 5.38 Å². The maximum atomic E-state index is 8.54. The maximum absolute atomic E-state index is 8.54. The number of alkyl halides is 1. The molecule has 1 aromatic rings. The number of nitrogens with zero attached hydrogens (tertiary/aromatic N) is 1. The van der Waals surface area contributed by atoms with E-state index >= 15 is 0 Å². The number of nitriles is 1. The van der Waals surface area contributed by atoms with Crippen LogP contribution in [0.5, 0.6) is 0 Å². The van der Waals surface area contributed by atoms with Crippen molar-refractivity contribution in [2.75, 3.05) is 0 Å². The molecule has 14 heavy (non-hydrogen) atoms. The molecule has 74 valence electrons. The van der Waals surface area contributed by atoms with Crippen LogP contribution in [0.1, 0.15) is 5.56 Å². The number of halogens is 4. The van der Waals surface area contributed by atoms with E-state index in [2.05, 4.69) is 0 Å². The summed E-state index contributed by atoms with van der Waals surface area (Å²) in [6.07, 6.45) is 0.312. The molecule has 1 unspecified atom stereocenters. The van der Waals surface area contributed by atoms with Gasteiger partial charge in [0.05, 0.1) is 6.07 Å². The van der Waals surface area contributed by atoms with Crippen LogP contribution >= 0.6 is 46.4 Å². The molecule has 1 rings (SSSR count). The molecule has 0 bridgehead atoms. The zero-order chi connectivity index (χ0) is 10.7. The first kappa shape index (κ1) is 11.9. The van der Waals surface area contributed by atoms with Gasteiger partial charge in [-0.1, -0.05) is 34.8 Å². The number of rotatable bonds is 2. The molecule has 0 aromatic heterocycles. The van der Waals surface area contributed by atoms with Crippen molar-refractivity contribution in [2.24, 2.45) is 0 Å². The predicted octanol–water partition coefficient (Wildman–Crippen LogP) is 4.32. The summed E-state index contributed by atoms with van der Waals surface area (Å²) in [6.45, 7) is 0. The van der Waals surface area contributed by atoms with E-state index in [0.717, 1.165) is 0 Å². The monoisotopic (exact) mass is 267 g/mol. The van der Waals surface area contributed by atoms with E-state index in [0.29, 0.717) is 27.1 Å². The zero-order valence-electron chi connectivity index (χ0n) is 6.90. The van der Waals surface area contributed by atoms with Crippen molar-refractivity contribution in [2.45, 2.75) is 11.8 Å². The van der Waals surface area contributed by atoms with Gasteiger partial charge in [0.1, 0.15) is 5.38 Å². The molecule has 0 N–H and O–H groups in total. The van der Waals surface area contributed by atoms with Gasteiger partial charge in [-0.25, -0.2) is 0 Å². The van der Waals surface area contributed by atoms with E-state index in [4.69, 9.17) is 51.7 Å². The van der Waals surface area contributed by atoms with Gasteiger partial charge < -0.3 is 0 Å². The Balaban J connectivity index is 3.04. The topological polar surface area (TPSA) is 23.8 Å². The molecule has 0 heterocycles. The highest BCUT2D eigenvalue weighted by molar-refractivity contribution is 6.39. The van der Waals surface area contributed by atoms with Crippen LogP contribution in [0.4, 0.5) is 0 Å². The molecule has 0 aliphatic heterocycles. The summed E-state index contributed by atoms with van der Waals surface area (Å²) in [4.78, 5) is 0. The standard InChI is InChI=1S/C9H5Cl4N/c10-5-2-8(12)7(9(13)3-5)1-6(11)4-14/h2-3,6H,1H2. The van der Waals surface area contributed by atoms with Crippen molar-refractivity contribution in [1.82, 2.24) is 0 Å². The van der Waals surface area contributed by atoms with Gasteiger partial charge in [0.2, 0.25) is 0 Å². The largest absolute Gasteiger partial charge is 0.197 e. The van der Waals surface area contributed by atoms with Crippen molar-refractivity contribution >= 4 is 46.4 Å². The van der Waals surface area contributed by atoms with Crippen LogP contribution in [0.3, 0.4) is 0 Å². The van der Waals surface area contributed by atoms with E-state index in [-0.39, 0.29) is 0 Å². The van der Waals surface area contributed by atoms with Crippen LogP contribution in [-0.2, 0) is 6.42 Å². The quantitative estimate of drug-likeness (QED) is 0.733. The average molecular weight is 269 g/mol. The SMILES string of the molecule is N#CC(Cl)Cc1c(Cl)cc(Cl)cc1Cl. The Kier molecular flexibility index (Phi) is 4.34. The molecular formula is C9H5Cl4N. The second-order valence-corrected chi connectivity index (χ2v) is 4.43. The summed E-state index contributed by atoms with van der Waals surface area (Å²) in [7, 11) is 0. The van der Waals surface area contributed by atoms with Gasteiger partial charge in [-0.05, 0) is 17.7 Å². The summed E-state index contributed by atoms with van der Waals surface area (Å²) in [6, 6.07) is 5.05. The fourth-order valence-corrected chi connectivity index (χ4v) is 2.12. The normalized spacial score (nSPS) is 12.2. The predicted molar refractivity (Wildman–Crippen MR) is 60.4 cm³/mol. The van der Waals surface area contributed by atoms with Crippen molar-refractivity contribution < 1.29 is 0 Å². The Morgan fingerprint density at radius 3 is 2.14 bits per heavy atom. The number of hydrogen-bond acceptors (Lipinski definition) is 1. The lowest BCUT2D eigenvalue weighted by molar-refractivity contribution is 1.02. The third kappa shape index (κ3) is 2.93. The smallest absolute Gasteiger partial charge is 0.124 e. The molecule has 0 saturated carbocycles. The summed E-state index contributed by atoms with van der Waals surface area (Å²) < 4.78 is 0. The summed E-state index contributed by atoms with van der Waals surface area (Å²) in [5, 5.41) is 9.24. The van der Waals surface area contributed by atoms with E-state index in [1.807, 2.05) is 6.07 Å². The van der Waals surface area contributed by atoms with Crippen LogP contribution in [0, 0.1) is 11.3 Å². The van der Waals surface area contributed by atoms with E-state index in [1.165, 1.54) is 0 Å². The van der Waals surface area contributed by atoms with Crippen molar-refractivity contribution in [1.29, 1.82) is 5.26 Å². The van der Waals surface area contributed by atoms with Crippen LogP contribution in [0.2, 0.25) is 15.1 Å². The van der Waals surface area contributed by atoms with Crippen molar-refractivity contribution in [3.05, 3.63) is 32.8 Å². The first-order valence-electron chi connectivity index (χ1n) is 3.71. The Hall–Kier alpha value is -0.130. The minimum atomic E-state index is -0.633. The van der Waals surface area contributed by atoms with Crippen LogP contribution in [0.25, 0.3) is 0 Å². The lowest BCUT2D eigenvalue weighted by atomic mass is 10.1. The van der Waals surface area contributed by atoms with Gasteiger partial charge in [-0.15, -0.1) is 11.6 Å². The highest BCUT2D eigenvalue weighted by atomic mass is 35.5. The van der Waals surface area contributed by atoms with Gasteiger partial charge in [-0.2, -0.15) is 5.26 Å². The molecule has 0 amide bonds. The Labute approximate surface area is 102 Å². The first-order valence-corrected chi connectivity index (χ1v) is 5.28. The second kappa shape index (κ2) is 5.09. The third-order valence-electron chi connectivity index (χ3n) is 1.63. The molecule has 0 aliphatic carbocycles. The Morgan fingerprint density at radius 2 is 1.71 bits per heavy atom. The maximum Gasteiger partial charge on any atom is 0.124 e. The summed E-state index contributed by atoms with van der Waals surface area (Å²) in [5.74, 6) is 0. The highest BCUT2D eigenvalue weighted by Crippen LogP contribution is 2.30. The molecule has 0 saturated heterocycles. The molecule has 1 atom stereocenters. The molecule has 1 aromatic carbocycles. The lowest BCUT2D eigenvalue weighted by Gasteiger charge is -2.07. The zero-order valence-corrected chi connectivity index (χ0v) is 9.92. The molecule has 5 heteroatoms.